The third-order valence-electron chi connectivity index (χ3n) is 5.40. The molecule has 0 bridgehead atoms. The van der Waals surface area contributed by atoms with Crippen molar-refractivity contribution in [2.75, 3.05) is 36.1 Å². The van der Waals surface area contributed by atoms with E-state index in [-0.39, 0.29) is 23.4 Å². The van der Waals surface area contributed by atoms with Gasteiger partial charge in [0, 0.05) is 19.0 Å². The minimum atomic E-state index is -2.92. The molecule has 0 unspecified atom stereocenters. The first kappa shape index (κ1) is 22.2. The van der Waals surface area contributed by atoms with Gasteiger partial charge < -0.3 is 9.64 Å². The number of nitrogens with zero attached hydrogens (tertiary/aromatic N) is 3. The highest BCUT2D eigenvalue weighted by molar-refractivity contribution is 7.91. The molecule has 162 valence electrons. The summed E-state index contributed by atoms with van der Waals surface area (Å²) in [6, 6.07) is 7.54. The average Bonchev–Trinajstić information content (AvgIpc) is 2.74. The second-order valence-corrected chi connectivity index (χ2v) is 10.3. The van der Waals surface area contributed by atoms with Gasteiger partial charge in [-0.2, -0.15) is 0 Å². The summed E-state index contributed by atoms with van der Waals surface area (Å²) in [6.45, 7) is 7.39. The second kappa shape index (κ2) is 9.55. The topological polar surface area (TPSA) is 89.5 Å². The quantitative estimate of drug-likeness (QED) is 0.622. The Kier molecular flexibility index (Phi) is 7.07. The van der Waals surface area contributed by atoms with Gasteiger partial charge in [-0.25, -0.2) is 18.2 Å². The first-order chi connectivity index (χ1) is 14.2. The number of carbonyl (C=O) groups is 1. The lowest BCUT2D eigenvalue weighted by molar-refractivity contribution is 0.0494. The number of sulfone groups is 1. The largest absolute Gasteiger partial charge is 0.462 e. The van der Waals surface area contributed by atoms with E-state index in [0.29, 0.717) is 43.4 Å². The summed E-state index contributed by atoms with van der Waals surface area (Å²) in [4.78, 5) is 23.2. The third-order valence-corrected chi connectivity index (χ3v) is 7.01. The van der Waals surface area contributed by atoms with E-state index in [1.165, 1.54) is 0 Å². The van der Waals surface area contributed by atoms with E-state index >= 15 is 0 Å². The summed E-state index contributed by atoms with van der Waals surface area (Å²) in [6.07, 6.45) is 4.05. The van der Waals surface area contributed by atoms with Crippen LogP contribution in [0.3, 0.4) is 0 Å². The second-order valence-electron chi connectivity index (χ2n) is 8.04. The van der Waals surface area contributed by atoms with Crippen LogP contribution in [0.25, 0.3) is 0 Å². The van der Waals surface area contributed by atoms with Crippen molar-refractivity contribution in [2.24, 2.45) is 0 Å². The maximum absolute atomic E-state index is 12.3. The Bertz CT molecular complexity index is 960. The van der Waals surface area contributed by atoms with Gasteiger partial charge in [-0.05, 0) is 30.0 Å². The first-order valence-corrected chi connectivity index (χ1v) is 12.1. The van der Waals surface area contributed by atoms with Crippen LogP contribution in [0.15, 0.2) is 36.7 Å². The maximum Gasteiger partial charge on any atom is 0.338 e. The summed E-state index contributed by atoms with van der Waals surface area (Å²) in [5, 5.41) is 0. The molecule has 1 fully saturated rings. The summed E-state index contributed by atoms with van der Waals surface area (Å²) in [5.41, 5.74) is 2.50. The number of benzene rings is 1. The smallest absolute Gasteiger partial charge is 0.338 e. The van der Waals surface area contributed by atoms with Crippen LogP contribution in [0.2, 0.25) is 0 Å². The first-order valence-electron chi connectivity index (χ1n) is 10.3. The molecule has 2 aromatic rings. The number of rotatable bonds is 7. The summed E-state index contributed by atoms with van der Waals surface area (Å²) < 4.78 is 28.6. The number of anilines is 1. The highest BCUT2D eigenvalue weighted by Crippen LogP contribution is 2.20. The average molecular weight is 432 g/mol. The van der Waals surface area contributed by atoms with Crippen LogP contribution >= 0.6 is 0 Å². The Morgan fingerprint density at radius 3 is 2.50 bits per heavy atom. The van der Waals surface area contributed by atoms with E-state index < -0.39 is 9.84 Å². The molecular formula is C22H29N3O4S. The Labute approximate surface area is 178 Å². The molecule has 0 N–H and O–H groups in total. The molecule has 1 aliphatic heterocycles. The molecule has 8 heteroatoms. The minimum Gasteiger partial charge on any atom is -0.462 e. The molecule has 1 aliphatic rings. The molecule has 0 spiro atoms. The van der Waals surface area contributed by atoms with Gasteiger partial charge in [-0.1, -0.05) is 32.9 Å². The van der Waals surface area contributed by atoms with Crippen molar-refractivity contribution >= 4 is 21.6 Å². The van der Waals surface area contributed by atoms with E-state index in [2.05, 4.69) is 23.8 Å². The van der Waals surface area contributed by atoms with Gasteiger partial charge in [-0.15, -0.1) is 0 Å². The lowest BCUT2D eigenvalue weighted by atomic mass is 10.0. The van der Waals surface area contributed by atoms with E-state index in [1.54, 1.807) is 18.5 Å². The van der Waals surface area contributed by atoms with Gasteiger partial charge in [0.05, 0.1) is 41.8 Å². The highest BCUT2D eigenvalue weighted by Gasteiger charge is 2.22. The van der Waals surface area contributed by atoms with E-state index in [9.17, 15) is 13.2 Å². The number of esters is 1. The molecule has 30 heavy (non-hydrogen) atoms. The molecule has 2 heterocycles. The molecule has 0 amide bonds. The van der Waals surface area contributed by atoms with Crippen molar-refractivity contribution in [1.29, 1.82) is 0 Å². The van der Waals surface area contributed by atoms with Crippen molar-refractivity contribution in [3.8, 4) is 0 Å². The Morgan fingerprint density at radius 2 is 1.87 bits per heavy atom. The van der Waals surface area contributed by atoms with E-state index in [1.807, 2.05) is 30.0 Å². The van der Waals surface area contributed by atoms with Crippen LogP contribution in [0.1, 0.15) is 60.6 Å². The van der Waals surface area contributed by atoms with Crippen LogP contribution in [-0.2, 0) is 14.6 Å². The van der Waals surface area contributed by atoms with Crippen molar-refractivity contribution in [1.82, 2.24) is 9.97 Å². The van der Waals surface area contributed by atoms with Gasteiger partial charge in [0.1, 0.15) is 5.82 Å². The fourth-order valence-corrected chi connectivity index (χ4v) is 4.48. The normalized spacial score (nSPS) is 17.0. The third kappa shape index (κ3) is 5.78. The molecule has 1 atom stereocenters. The van der Waals surface area contributed by atoms with Gasteiger partial charge >= 0.3 is 5.97 Å². The van der Waals surface area contributed by atoms with Gasteiger partial charge in [-0.3, -0.25) is 4.98 Å². The molecule has 0 radical (unpaired) electrons. The fourth-order valence-electron chi connectivity index (χ4n) is 3.27. The number of hydrogen-bond acceptors (Lipinski definition) is 7. The Hall–Kier alpha value is -2.48. The van der Waals surface area contributed by atoms with Crippen LogP contribution in [-0.4, -0.2) is 55.6 Å². The van der Waals surface area contributed by atoms with E-state index in [0.717, 1.165) is 11.3 Å². The SMILES string of the molecule is CC(C)c1cccc(C(=O)OCC[C@@H](C)c2cnc(N3CCS(=O)(=O)CC3)cn2)c1. The number of ether oxygens (including phenoxy) is 1. The molecule has 1 aromatic carbocycles. The predicted molar refractivity (Wildman–Crippen MR) is 117 cm³/mol. The maximum atomic E-state index is 12.3. The van der Waals surface area contributed by atoms with Crippen molar-refractivity contribution in [3.63, 3.8) is 0 Å². The van der Waals surface area contributed by atoms with Crippen molar-refractivity contribution < 1.29 is 17.9 Å². The van der Waals surface area contributed by atoms with Crippen LogP contribution < -0.4 is 4.90 Å². The zero-order valence-electron chi connectivity index (χ0n) is 17.7. The van der Waals surface area contributed by atoms with Crippen LogP contribution in [0.5, 0.6) is 0 Å². The molecule has 0 saturated carbocycles. The fraction of sp³-hybridized carbons (Fsp3) is 0.500. The molecule has 7 nitrogen and oxygen atoms in total. The minimum absolute atomic E-state index is 0.0862. The standard InChI is InChI=1S/C22H29N3O4S/c1-16(2)18-5-4-6-19(13-18)22(26)29-10-7-17(3)20-14-24-21(15-23-20)25-8-11-30(27,28)12-9-25/h4-6,13-17H,7-12H2,1-3H3/t17-/m1/s1. The molecule has 0 aliphatic carbocycles. The monoisotopic (exact) mass is 431 g/mol. The predicted octanol–water partition coefficient (Wildman–Crippen LogP) is 3.19. The van der Waals surface area contributed by atoms with Gasteiger partial charge in [0.2, 0.25) is 0 Å². The molecule has 1 aromatic heterocycles. The van der Waals surface area contributed by atoms with Crippen LogP contribution in [0.4, 0.5) is 5.82 Å². The molecule has 3 rings (SSSR count). The lowest BCUT2D eigenvalue weighted by Gasteiger charge is -2.27. The molecule has 1 saturated heterocycles. The number of carbonyl (C=O) groups excluding carboxylic acids is 1. The summed E-state index contributed by atoms with van der Waals surface area (Å²) >= 11 is 0. The van der Waals surface area contributed by atoms with Gasteiger partial charge in [0.15, 0.2) is 9.84 Å². The summed E-state index contributed by atoms with van der Waals surface area (Å²) in [5.74, 6) is 1.12. The number of hydrogen-bond donors (Lipinski definition) is 0. The molecular weight excluding hydrogens is 402 g/mol. The highest BCUT2D eigenvalue weighted by atomic mass is 32.2. The Morgan fingerprint density at radius 1 is 1.13 bits per heavy atom. The Balaban J connectivity index is 1.50. The summed E-state index contributed by atoms with van der Waals surface area (Å²) in [7, 11) is -2.92. The van der Waals surface area contributed by atoms with Gasteiger partial charge in [0.25, 0.3) is 0 Å². The van der Waals surface area contributed by atoms with Crippen LogP contribution in [0, 0.1) is 0 Å². The zero-order valence-corrected chi connectivity index (χ0v) is 18.6. The van der Waals surface area contributed by atoms with Crippen molar-refractivity contribution in [2.45, 2.75) is 39.0 Å². The zero-order chi connectivity index (χ0) is 21.7. The van der Waals surface area contributed by atoms with Crippen molar-refractivity contribution in [3.05, 3.63) is 53.5 Å². The lowest BCUT2D eigenvalue weighted by Crippen LogP contribution is -2.40. The number of aromatic nitrogens is 2. The van der Waals surface area contributed by atoms with E-state index in [4.69, 9.17) is 4.74 Å².